The second-order valence-corrected chi connectivity index (χ2v) is 3.41. The number of hydrogen-bond acceptors (Lipinski definition) is 4. The van der Waals surface area contributed by atoms with E-state index >= 15 is 0 Å². The van der Waals surface area contributed by atoms with Crippen molar-refractivity contribution in [3.05, 3.63) is 0 Å². The van der Waals surface area contributed by atoms with Gasteiger partial charge in [-0.1, -0.05) is 13.8 Å². The topological polar surface area (TPSA) is 98.5 Å². The van der Waals surface area contributed by atoms with E-state index in [0.29, 0.717) is 12.8 Å². The Morgan fingerprint density at radius 3 is 2.06 bits per heavy atom. The maximum absolute atomic E-state index is 11.8. The Morgan fingerprint density at radius 2 is 1.75 bits per heavy atom. The van der Waals surface area contributed by atoms with Gasteiger partial charge in [-0.3, -0.25) is 14.4 Å². The highest BCUT2D eigenvalue weighted by atomic mass is 16.5. The lowest BCUT2D eigenvalue weighted by molar-refractivity contribution is -0.146. The highest BCUT2D eigenvalue weighted by Gasteiger charge is 2.40. The van der Waals surface area contributed by atoms with E-state index in [1.165, 1.54) is 7.11 Å². The van der Waals surface area contributed by atoms with Gasteiger partial charge in [-0.15, -0.1) is 0 Å². The standard InChI is InChI=1S/C10H18N2O4/c1-4-10(5-2,8(11)14)9(15)12-6-7(13)16-3/h4-6H2,1-3H3,(H2,11,14)(H,12,15). The molecule has 6 heteroatoms. The summed E-state index contributed by atoms with van der Waals surface area (Å²) in [7, 11) is 1.22. The number of hydrogen-bond donors (Lipinski definition) is 2. The predicted octanol–water partition coefficient (Wildman–Crippen LogP) is -0.433. The fraction of sp³-hybridized carbons (Fsp3) is 0.700. The van der Waals surface area contributed by atoms with Crippen LogP contribution in [-0.2, 0) is 19.1 Å². The predicted molar refractivity (Wildman–Crippen MR) is 57.2 cm³/mol. The van der Waals surface area contributed by atoms with Crippen LogP contribution in [0.5, 0.6) is 0 Å². The Kier molecular flexibility index (Phi) is 5.49. The number of methoxy groups -OCH3 is 1. The fourth-order valence-electron chi connectivity index (χ4n) is 1.43. The molecule has 0 aliphatic rings. The minimum atomic E-state index is -1.24. The second-order valence-electron chi connectivity index (χ2n) is 3.41. The molecule has 16 heavy (non-hydrogen) atoms. The van der Waals surface area contributed by atoms with Gasteiger partial charge in [-0.05, 0) is 12.8 Å². The summed E-state index contributed by atoms with van der Waals surface area (Å²) in [4.78, 5) is 33.9. The van der Waals surface area contributed by atoms with Crippen molar-refractivity contribution in [1.82, 2.24) is 5.32 Å². The average molecular weight is 230 g/mol. The van der Waals surface area contributed by atoms with Crippen LogP contribution in [0, 0.1) is 5.41 Å². The van der Waals surface area contributed by atoms with Crippen LogP contribution >= 0.6 is 0 Å². The van der Waals surface area contributed by atoms with Gasteiger partial charge in [0.15, 0.2) is 0 Å². The van der Waals surface area contributed by atoms with E-state index in [2.05, 4.69) is 10.1 Å². The number of nitrogens with two attached hydrogens (primary N) is 1. The lowest BCUT2D eigenvalue weighted by Crippen LogP contribution is -2.50. The molecule has 0 radical (unpaired) electrons. The van der Waals surface area contributed by atoms with Gasteiger partial charge in [-0.25, -0.2) is 0 Å². The molecule has 0 unspecified atom stereocenters. The molecule has 0 saturated carbocycles. The summed E-state index contributed by atoms with van der Waals surface area (Å²) < 4.78 is 4.37. The zero-order valence-corrected chi connectivity index (χ0v) is 9.83. The Labute approximate surface area is 94.5 Å². The number of ether oxygens (including phenoxy) is 1. The van der Waals surface area contributed by atoms with Crippen LogP contribution in [0.3, 0.4) is 0 Å². The Balaban J connectivity index is 4.64. The third-order valence-electron chi connectivity index (χ3n) is 2.73. The summed E-state index contributed by atoms with van der Waals surface area (Å²) >= 11 is 0. The van der Waals surface area contributed by atoms with Gasteiger partial charge in [0.1, 0.15) is 12.0 Å². The van der Waals surface area contributed by atoms with Crippen LogP contribution in [0.25, 0.3) is 0 Å². The SMILES string of the molecule is CCC(CC)(C(N)=O)C(=O)NCC(=O)OC. The molecule has 0 fully saturated rings. The molecule has 0 aromatic heterocycles. The maximum Gasteiger partial charge on any atom is 0.325 e. The van der Waals surface area contributed by atoms with E-state index in [4.69, 9.17) is 5.73 Å². The van der Waals surface area contributed by atoms with Gasteiger partial charge in [0.25, 0.3) is 0 Å². The van der Waals surface area contributed by atoms with Gasteiger partial charge in [-0.2, -0.15) is 0 Å². The number of nitrogens with one attached hydrogen (secondary N) is 1. The summed E-state index contributed by atoms with van der Waals surface area (Å²) in [6.45, 7) is 3.14. The molecule has 0 aliphatic carbocycles. The lowest BCUT2D eigenvalue weighted by Gasteiger charge is -2.26. The van der Waals surface area contributed by atoms with Crippen molar-refractivity contribution in [2.75, 3.05) is 13.7 Å². The quantitative estimate of drug-likeness (QED) is 0.477. The molecule has 0 heterocycles. The molecule has 0 aromatic rings. The van der Waals surface area contributed by atoms with E-state index in [9.17, 15) is 14.4 Å². The first kappa shape index (κ1) is 14.4. The normalized spacial score (nSPS) is 10.7. The van der Waals surface area contributed by atoms with Crippen molar-refractivity contribution >= 4 is 17.8 Å². The molecule has 0 aromatic carbocycles. The number of esters is 1. The molecule has 0 atom stereocenters. The number of rotatable bonds is 6. The first-order valence-electron chi connectivity index (χ1n) is 5.09. The Morgan fingerprint density at radius 1 is 1.25 bits per heavy atom. The summed E-state index contributed by atoms with van der Waals surface area (Å²) in [5.41, 5.74) is 3.97. The highest BCUT2D eigenvalue weighted by Crippen LogP contribution is 2.25. The molecule has 0 spiro atoms. The minimum absolute atomic E-state index is 0.260. The average Bonchev–Trinajstić information content (AvgIpc) is 2.27. The molecule has 0 aliphatic heterocycles. The Hall–Kier alpha value is -1.59. The van der Waals surface area contributed by atoms with Crippen LogP contribution in [0.15, 0.2) is 0 Å². The van der Waals surface area contributed by atoms with Crippen molar-refractivity contribution in [3.8, 4) is 0 Å². The molecular formula is C10H18N2O4. The highest BCUT2D eigenvalue weighted by molar-refractivity contribution is 6.04. The van der Waals surface area contributed by atoms with Crippen molar-refractivity contribution < 1.29 is 19.1 Å². The summed E-state index contributed by atoms with van der Waals surface area (Å²) in [5, 5.41) is 2.34. The molecule has 3 N–H and O–H groups in total. The van der Waals surface area contributed by atoms with E-state index in [1.807, 2.05) is 0 Å². The van der Waals surface area contributed by atoms with Crippen LogP contribution in [-0.4, -0.2) is 31.4 Å². The van der Waals surface area contributed by atoms with Crippen molar-refractivity contribution in [2.24, 2.45) is 11.1 Å². The summed E-state index contributed by atoms with van der Waals surface area (Å²) in [5.74, 6) is -1.78. The first-order valence-corrected chi connectivity index (χ1v) is 5.09. The summed E-state index contributed by atoms with van der Waals surface area (Å²) in [6, 6.07) is 0. The van der Waals surface area contributed by atoms with Crippen LogP contribution < -0.4 is 11.1 Å². The van der Waals surface area contributed by atoms with Gasteiger partial charge < -0.3 is 15.8 Å². The van der Waals surface area contributed by atoms with Gasteiger partial charge >= 0.3 is 5.97 Å². The number of amides is 2. The molecule has 6 nitrogen and oxygen atoms in total. The lowest BCUT2D eigenvalue weighted by atomic mass is 9.80. The first-order chi connectivity index (χ1) is 7.44. The maximum atomic E-state index is 11.8. The molecule has 0 rings (SSSR count). The van der Waals surface area contributed by atoms with Crippen LogP contribution in [0.1, 0.15) is 26.7 Å². The van der Waals surface area contributed by atoms with Gasteiger partial charge in [0.05, 0.1) is 7.11 Å². The van der Waals surface area contributed by atoms with Crippen molar-refractivity contribution in [3.63, 3.8) is 0 Å². The van der Waals surface area contributed by atoms with Crippen LogP contribution in [0.2, 0.25) is 0 Å². The van der Waals surface area contributed by atoms with E-state index in [1.54, 1.807) is 13.8 Å². The van der Waals surface area contributed by atoms with Crippen molar-refractivity contribution in [2.45, 2.75) is 26.7 Å². The second kappa shape index (κ2) is 6.09. The molecule has 2 amide bonds. The number of primary amides is 1. The fourth-order valence-corrected chi connectivity index (χ4v) is 1.43. The molecule has 0 bridgehead atoms. The Bertz CT molecular complexity index is 285. The number of carbonyl (C=O) groups excluding carboxylic acids is 3. The van der Waals surface area contributed by atoms with Crippen LogP contribution in [0.4, 0.5) is 0 Å². The minimum Gasteiger partial charge on any atom is -0.468 e. The zero-order chi connectivity index (χ0) is 12.8. The van der Waals surface area contributed by atoms with Gasteiger partial charge in [0, 0.05) is 0 Å². The third kappa shape index (κ3) is 2.95. The molecular weight excluding hydrogens is 212 g/mol. The van der Waals surface area contributed by atoms with Crippen molar-refractivity contribution in [1.29, 1.82) is 0 Å². The third-order valence-corrected chi connectivity index (χ3v) is 2.73. The zero-order valence-electron chi connectivity index (χ0n) is 9.83. The smallest absolute Gasteiger partial charge is 0.325 e. The number of carbonyl (C=O) groups is 3. The van der Waals surface area contributed by atoms with Gasteiger partial charge in [0.2, 0.25) is 11.8 Å². The van der Waals surface area contributed by atoms with E-state index in [0.717, 1.165) is 0 Å². The largest absolute Gasteiger partial charge is 0.468 e. The molecule has 92 valence electrons. The molecule has 0 saturated heterocycles. The van der Waals surface area contributed by atoms with E-state index < -0.39 is 23.2 Å². The van der Waals surface area contributed by atoms with E-state index in [-0.39, 0.29) is 6.54 Å². The summed E-state index contributed by atoms with van der Waals surface area (Å²) in [6.07, 6.45) is 0.595. The monoisotopic (exact) mass is 230 g/mol.